The molecule has 0 unspecified atom stereocenters. The van der Waals surface area contributed by atoms with Gasteiger partial charge in [-0.05, 0) is 61.5 Å². The summed E-state index contributed by atoms with van der Waals surface area (Å²) in [5.41, 5.74) is 1.41. The number of nitrogens with one attached hydrogen (secondary N) is 2. The van der Waals surface area contributed by atoms with Crippen LogP contribution in [-0.4, -0.2) is 39.8 Å². The van der Waals surface area contributed by atoms with Crippen LogP contribution in [0.1, 0.15) is 46.4 Å². The largest absolute Gasteiger partial charge is 0.339 e. The second-order valence-corrected chi connectivity index (χ2v) is 7.40. The number of non-ortho nitro benzene ring substituents is 1. The second-order valence-electron chi connectivity index (χ2n) is 7.00. The smallest absolute Gasteiger partial charge is 0.269 e. The van der Waals surface area contributed by atoms with Crippen LogP contribution in [0.5, 0.6) is 0 Å². The number of likely N-dealkylation sites (tertiary alicyclic amines) is 1. The number of carbonyl (C=O) groups excluding carboxylic acids is 2. The van der Waals surface area contributed by atoms with Crippen molar-refractivity contribution in [2.24, 2.45) is 0 Å². The number of carbonyl (C=O) groups is 2. The highest BCUT2D eigenvalue weighted by Crippen LogP contribution is 2.16. The number of nitro groups is 1. The number of amides is 2. The molecule has 8 nitrogen and oxygen atoms in total. The summed E-state index contributed by atoms with van der Waals surface area (Å²) >= 11 is 5.16. The highest BCUT2D eigenvalue weighted by molar-refractivity contribution is 7.80. The highest BCUT2D eigenvalue weighted by Gasteiger charge is 2.17. The molecular weight excluding hydrogens is 404 g/mol. The molecule has 156 valence electrons. The third-order valence-corrected chi connectivity index (χ3v) is 5.05. The lowest BCUT2D eigenvalue weighted by atomic mass is 10.1. The first kappa shape index (κ1) is 21.4. The van der Waals surface area contributed by atoms with Gasteiger partial charge in [0.2, 0.25) is 0 Å². The summed E-state index contributed by atoms with van der Waals surface area (Å²) < 4.78 is 0. The van der Waals surface area contributed by atoms with Crippen molar-refractivity contribution in [3.63, 3.8) is 0 Å². The van der Waals surface area contributed by atoms with Crippen LogP contribution in [0.25, 0.3) is 0 Å². The minimum Gasteiger partial charge on any atom is -0.339 e. The Morgan fingerprint density at radius 1 is 0.900 bits per heavy atom. The molecule has 1 fully saturated rings. The van der Waals surface area contributed by atoms with Crippen molar-refractivity contribution in [1.82, 2.24) is 10.2 Å². The van der Waals surface area contributed by atoms with Crippen molar-refractivity contribution in [2.45, 2.75) is 25.7 Å². The van der Waals surface area contributed by atoms with E-state index in [4.69, 9.17) is 12.2 Å². The van der Waals surface area contributed by atoms with Gasteiger partial charge in [0.1, 0.15) is 0 Å². The quantitative estimate of drug-likeness (QED) is 0.438. The first-order valence-corrected chi connectivity index (χ1v) is 10.1. The molecule has 2 aromatic rings. The van der Waals surface area contributed by atoms with Crippen molar-refractivity contribution in [3.8, 4) is 0 Å². The molecule has 2 aromatic carbocycles. The van der Waals surface area contributed by atoms with E-state index in [1.807, 2.05) is 4.90 Å². The van der Waals surface area contributed by atoms with Crippen molar-refractivity contribution in [2.75, 3.05) is 18.4 Å². The van der Waals surface area contributed by atoms with E-state index >= 15 is 0 Å². The number of hydrogen-bond acceptors (Lipinski definition) is 5. The topological polar surface area (TPSA) is 105 Å². The minimum absolute atomic E-state index is 0.0255. The zero-order chi connectivity index (χ0) is 21.5. The standard InChI is InChI=1S/C21H22N4O4S/c26-19(15-7-11-18(12-8-15)25(28)29)23-21(30)22-17-9-5-16(6-10-17)20(27)24-13-3-1-2-4-14-24/h5-12H,1-4,13-14H2,(H2,22,23,26,30). The van der Waals surface area contributed by atoms with Crippen LogP contribution in [-0.2, 0) is 0 Å². The summed E-state index contributed by atoms with van der Waals surface area (Å²) in [5, 5.41) is 16.2. The maximum atomic E-state index is 12.6. The fourth-order valence-corrected chi connectivity index (χ4v) is 3.44. The Labute approximate surface area is 179 Å². The average molecular weight is 426 g/mol. The monoisotopic (exact) mass is 426 g/mol. The van der Waals surface area contributed by atoms with Gasteiger partial charge in [0.15, 0.2) is 5.11 Å². The molecule has 30 heavy (non-hydrogen) atoms. The van der Waals surface area contributed by atoms with Gasteiger partial charge in [-0.2, -0.15) is 0 Å². The Balaban J connectivity index is 1.55. The zero-order valence-electron chi connectivity index (χ0n) is 16.3. The van der Waals surface area contributed by atoms with Gasteiger partial charge in [0, 0.05) is 42.0 Å². The number of benzene rings is 2. The molecule has 3 rings (SSSR count). The van der Waals surface area contributed by atoms with E-state index in [1.165, 1.54) is 24.3 Å². The van der Waals surface area contributed by atoms with E-state index in [9.17, 15) is 19.7 Å². The molecule has 0 aromatic heterocycles. The van der Waals surface area contributed by atoms with Crippen LogP contribution in [0.2, 0.25) is 0 Å². The van der Waals surface area contributed by atoms with E-state index in [0.29, 0.717) is 11.3 Å². The van der Waals surface area contributed by atoms with E-state index in [0.717, 1.165) is 38.8 Å². The summed E-state index contributed by atoms with van der Waals surface area (Å²) in [6.07, 6.45) is 4.40. The van der Waals surface area contributed by atoms with Crippen LogP contribution >= 0.6 is 12.2 Å². The Morgan fingerprint density at radius 3 is 2.03 bits per heavy atom. The molecule has 0 spiro atoms. The van der Waals surface area contributed by atoms with Crippen LogP contribution in [0.15, 0.2) is 48.5 Å². The van der Waals surface area contributed by atoms with E-state index in [-0.39, 0.29) is 22.3 Å². The lowest BCUT2D eigenvalue weighted by molar-refractivity contribution is -0.384. The maximum absolute atomic E-state index is 12.6. The van der Waals surface area contributed by atoms with Crippen molar-refractivity contribution in [3.05, 3.63) is 69.8 Å². The van der Waals surface area contributed by atoms with Gasteiger partial charge < -0.3 is 10.2 Å². The predicted molar refractivity (Wildman–Crippen MR) is 118 cm³/mol. The molecule has 1 aliphatic heterocycles. The molecule has 0 atom stereocenters. The summed E-state index contributed by atoms with van der Waals surface area (Å²) in [5.74, 6) is -0.451. The SMILES string of the molecule is O=C(NC(=S)Nc1ccc(C(=O)N2CCCCCC2)cc1)c1ccc([N+](=O)[O-])cc1. The Morgan fingerprint density at radius 2 is 1.47 bits per heavy atom. The van der Waals surface area contributed by atoms with E-state index in [2.05, 4.69) is 10.6 Å². The van der Waals surface area contributed by atoms with Gasteiger partial charge in [-0.3, -0.25) is 25.0 Å². The third kappa shape index (κ3) is 5.60. The fraction of sp³-hybridized carbons (Fsp3) is 0.286. The molecule has 2 amide bonds. The molecular formula is C21H22N4O4S. The summed E-state index contributed by atoms with van der Waals surface area (Å²) in [6.45, 7) is 1.58. The number of nitro benzene ring substituents is 1. The molecule has 1 saturated heterocycles. The molecule has 0 saturated carbocycles. The number of rotatable bonds is 4. The Bertz CT molecular complexity index is 936. The van der Waals surface area contributed by atoms with E-state index in [1.54, 1.807) is 24.3 Å². The third-order valence-electron chi connectivity index (χ3n) is 4.85. The van der Waals surface area contributed by atoms with Crippen LogP contribution < -0.4 is 10.6 Å². The molecule has 0 bridgehead atoms. The Kier molecular flexibility index (Phi) is 7.08. The van der Waals surface area contributed by atoms with Crippen LogP contribution in [0.3, 0.4) is 0 Å². The zero-order valence-corrected chi connectivity index (χ0v) is 17.1. The van der Waals surface area contributed by atoms with Crippen molar-refractivity contribution < 1.29 is 14.5 Å². The van der Waals surface area contributed by atoms with Gasteiger partial charge >= 0.3 is 0 Å². The molecule has 2 N–H and O–H groups in total. The molecule has 0 radical (unpaired) electrons. The highest BCUT2D eigenvalue weighted by atomic mass is 32.1. The van der Waals surface area contributed by atoms with Gasteiger partial charge in [0.05, 0.1) is 4.92 Å². The summed E-state index contributed by atoms with van der Waals surface area (Å²) in [7, 11) is 0. The molecule has 0 aliphatic carbocycles. The lowest BCUT2D eigenvalue weighted by Crippen LogP contribution is -2.34. The number of thiocarbonyl (C=S) groups is 1. The molecule has 1 aliphatic rings. The average Bonchev–Trinajstić information content (AvgIpc) is 3.03. The van der Waals surface area contributed by atoms with Gasteiger partial charge in [-0.1, -0.05) is 12.8 Å². The number of nitrogens with zero attached hydrogens (tertiary/aromatic N) is 2. The first-order chi connectivity index (χ1) is 14.4. The van der Waals surface area contributed by atoms with Gasteiger partial charge in [-0.15, -0.1) is 0 Å². The van der Waals surface area contributed by atoms with Crippen molar-refractivity contribution in [1.29, 1.82) is 0 Å². The normalized spacial score (nSPS) is 13.8. The molecule has 9 heteroatoms. The molecule has 1 heterocycles. The van der Waals surface area contributed by atoms with Gasteiger partial charge in [-0.25, -0.2) is 0 Å². The number of anilines is 1. The summed E-state index contributed by atoms with van der Waals surface area (Å²) in [6, 6.07) is 12.2. The van der Waals surface area contributed by atoms with Crippen LogP contribution in [0.4, 0.5) is 11.4 Å². The fourth-order valence-electron chi connectivity index (χ4n) is 3.22. The minimum atomic E-state index is -0.533. The van der Waals surface area contributed by atoms with Crippen molar-refractivity contribution >= 4 is 40.5 Å². The summed E-state index contributed by atoms with van der Waals surface area (Å²) in [4.78, 5) is 36.9. The number of hydrogen-bond donors (Lipinski definition) is 2. The first-order valence-electron chi connectivity index (χ1n) is 9.70. The van der Waals surface area contributed by atoms with E-state index < -0.39 is 10.8 Å². The second kappa shape index (κ2) is 9.93. The Hall–Kier alpha value is -3.33. The lowest BCUT2D eigenvalue weighted by Gasteiger charge is -2.20. The predicted octanol–water partition coefficient (Wildman–Crippen LogP) is 3.74. The van der Waals surface area contributed by atoms with Gasteiger partial charge in [0.25, 0.3) is 17.5 Å². The van der Waals surface area contributed by atoms with Crippen LogP contribution in [0, 0.1) is 10.1 Å². The maximum Gasteiger partial charge on any atom is 0.269 e.